The van der Waals surface area contributed by atoms with Crippen LogP contribution in [0, 0.1) is 0 Å². The molecule has 2 aromatic carbocycles. The van der Waals surface area contributed by atoms with Crippen molar-refractivity contribution >= 4 is 22.4 Å². The van der Waals surface area contributed by atoms with Crippen molar-refractivity contribution in [3.05, 3.63) is 46.5 Å². The topological polar surface area (TPSA) is 92.2 Å². The Bertz CT molecular complexity index is 1290. The number of phenols is 2. The lowest BCUT2D eigenvalue weighted by Gasteiger charge is -2.11. The summed E-state index contributed by atoms with van der Waals surface area (Å²) in [6.07, 6.45) is 1.25. The van der Waals surface area contributed by atoms with Crippen LogP contribution in [0.2, 0.25) is 0 Å². The molecule has 2 heterocycles. The summed E-state index contributed by atoms with van der Waals surface area (Å²) in [7, 11) is 7.90. The molecule has 1 amide bonds. The monoisotopic (exact) mass is 420 g/mol. The summed E-state index contributed by atoms with van der Waals surface area (Å²) in [6.45, 7) is 1.50. The molecule has 1 aliphatic rings. The Kier molecular flexibility index (Phi) is 5.56. The molecule has 0 unspecified atom stereocenters. The third-order valence-corrected chi connectivity index (χ3v) is 5.69. The maximum Gasteiger partial charge on any atom is 0.274 e. The Morgan fingerprint density at radius 2 is 1.68 bits per heavy atom. The summed E-state index contributed by atoms with van der Waals surface area (Å²) >= 11 is 0. The van der Waals surface area contributed by atoms with Gasteiger partial charge in [0.15, 0.2) is 0 Å². The zero-order valence-corrected chi connectivity index (χ0v) is 18.4. The lowest BCUT2D eigenvalue weighted by atomic mass is 10.00. The molecule has 0 radical (unpaired) electrons. The average molecular weight is 421 g/mol. The van der Waals surface area contributed by atoms with Crippen molar-refractivity contribution in [3.63, 3.8) is 0 Å². The number of aromatic nitrogens is 1. The number of aromatic amines is 1. The van der Waals surface area contributed by atoms with Crippen molar-refractivity contribution in [2.45, 2.75) is 12.8 Å². The highest BCUT2D eigenvalue weighted by Gasteiger charge is 2.22. The van der Waals surface area contributed by atoms with Crippen molar-refractivity contribution in [1.82, 2.24) is 14.8 Å². The van der Waals surface area contributed by atoms with Crippen LogP contribution >= 0.6 is 0 Å². The molecule has 162 valence electrons. The van der Waals surface area contributed by atoms with E-state index >= 15 is 0 Å². The zero-order valence-electron chi connectivity index (χ0n) is 18.4. The van der Waals surface area contributed by atoms with Gasteiger partial charge in [-0.15, -0.1) is 0 Å². The summed E-state index contributed by atoms with van der Waals surface area (Å²) < 4.78 is 0. The second-order valence-electron chi connectivity index (χ2n) is 8.57. The Morgan fingerprint density at radius 1 is 0.968 bits per heavy atom. The van der Waals surface area contributed by atoms with Crippen LogP contribution in [0.1, 0.15) is 12.0 Å². The van der Waals surface area contributed by atoms with Gasteiger partial charge < -0.3 is 25.0 Å². The molecular weight excluding hydrogens is 392 g/mol. The number of H-pyrrole nitrogens is 1. The molecule has 0 saturated heterocycles. The molecule has 1 aromatic heterocycles. The number of nitrogens with one attached hydrogen (secondary N) is 1. The van der Waals surface area contributed by atoms with Gasteiger partial charge in [-0.2, -0.15) is 0 Å². The maximum absolute atomic E-state index is 12.5. The quantitative estimate of drug-likeness (QED) is 0.540. The third-order valence-electron chi connectivity index (χ3n) is 5.69. The first-order valence-corrected chi connectivity index (χ1v) is 10.4. The largest absolute Gasteiger partial charge is 0.507 e. The standard InChI is InChI=1S/C24H28N4O3/c1-27(2)10-8-15-21-17(6-5-7-19(21)29)25-23(15)14-12-18-22(20(30)13-14)16(24(31)26-18)9-11-28(3)4/h5-7,12-13,25,29-30H,8-11H2,1-4H3. The molecular formula is C24H28N4O3. The van der Waals surface area contributed by atoms with Crippen LogP contribution in [0.5, 0.6) is 11.5 Å². The van der Waals surface area contributed by atoms with E-state index in [1.54, 1.807) is 18.2 Å². The predicted octanol–water partition coefficient (Wildman–Crippen LogP) is 1.61. The van der Waals surface area contributed by atoms with Gasteiger partial charge in [-0.3, -0.25) is 4.79 Å². The van der Waals surface area contributed by atoms with Crippen LogP contribution in [-0.2, 0) is 11.2 Å². The highest BCUT2D eigenvalue weighted by Crippen LogP contribution is 2.36. The molecule has 4 rings (SSSR count). The number of nitrogens with zero attached hydrogens (tertiary/aromatic N) is 3. The van der Waals surface area contributed by atoms with Gasteiger partial charge in [0.2, 0.25) is 0 Å². The highest BCUT2D eigenvalue weighted by atomic mass is 16.3. The van der Waals surface area contributed by atoms with E-state index in [-0.39, 0.29) is 17.4 Å². The van der Waals surface area contributed by atoms with Gasteiger partial charge in [-0.1, -0.05) is 6.07 Å². The van der Waals surface area contributed by atoms with Crippen molar-refractivity contribution in [1.29, 1.82) is 0 Å². The lowest BCUT2D eigenvalue weighted by Crippen LogP contribution is -2.25. The average Bonchev–Trinajstić information content (AvgIpc) is 3.22. The van der Waals surface area contributed by atoms with Gasteiger partial charge in [-0.05, 0) is 70.9 Å². The van der Waals surface area contributed by atoms with E-state index in [4.69, 9.17) is 0 Å². The molecule has 3 aromatic rings. The highest BCUT2D eigenvalue weighted by molar-refractivity contribution is 6.15. The predicted molar refractivity (Wildman–Crippen MR) is 122 cm³/mol. The van der Waals surface area contributed by atoms with Gasteiger partial charge in [0, 0.05) is 35.1 Å². The first-order chi connectivity index (χ1) is 14.8. The van der Waals surface area contributed by atoms with E-state index in [0.29, 0.717) is 35.5 Å². The Labute approximate surface area is 180 Å². The Morgan fingerprint density at radius 3 is 2.39 bits per heavy atom. The summed E-state index contributed by atoms with van der Waals surface area (Å²) in [5, 5.41) is 23.2. The SMILES string of the molecule is CN(C)CCC1=c2c(O)cc(-c3[nH]c4cccc(O)c4c3CCN(C)C)cc2=NC1=O. The summed E-state index contributed by atoms with van der Waals surface area (Å²) in [6, 6.07) is 8.93. The Balaban J connectivity index is 1.89. The van der Waals surface area contributed by atoms with E-state index in [2.05, 4.69) is 14.9 Å². The van der Waals surface area contributed by atoms with Crippen LogP contribution in [0.15, 0.2) is 35.3 Å². The van der Waals surface area contributed by atoms with Crippen LogP contribution < -0.4 is 10.6 Å². The fraction of sp³-hybridized carbons (Fsp3) is 0.333. The minimum absolute atomic E-state index is 0.0530. The van der Waals surface area contributed by atoms with Gasteiger partial charge >= 0.3 is 0 Å². The van der Waals surface area contributed by atoms with Gasteiger partial charge in [-0.25, -0.2) is 4.99 Å². The number of likely N-dealkylation sites (N-methyl/N-ethyl adjacent to an activating group) is 1. The van der Waals surface area contributed by atoms with E-state index in [1.165, 1.54) is 0 Å². The van der Waals surface area contributed by atoms with E-state index in [1.807, 2.05) is 45.2 Å². The van der Waals surface area contributed by atoms with Gasteiger partial charge in [0.1, 0.15) is 11.5 Å². The minimum atomic E-state index is -0.286. The molecule has 31 heavy (non-hydrogen) atoms. The number of benzene rings is 2. The van der Waals surface area contributed by atoms with Crippen LogP contribution in [0.3, 0.4) is 0 Å². The van der Waals surface area contributed by atoms with Crippen molar-refractivity contribution in [3.8, 4) is 22.8 Å². The molecule has 0 spiro atoms. The molecule has 0 atom stereocenters. The van der Waals surface area contributed by atoms with E-state index < -0.39 is 0 Å². The van der Waals surface area contributed by atoms with Crippen molar-refractivity contribution in [2.75, 3.05) is 41.3 Å². The molecule has 7 heteroatoms. The van der Waals surface area contributed by atoms with E-state index in [9.17, 15) is 15.0 Å². The molecule has 0 aliphatic carbocycles. The fourth-order valence-corrected chi connectivity index (χ4v) is 4.13. The van der Waals surface area contributed by atoms with Crippen LogP contribution in [0.4, 0.5) is 0 Å². The number of phenolic OH excluding ortho intramolecular Hbond substituents is 2. The third kappa shape index (κ3) is 3.94. The molecule has 3 N–H and O–H groups in total. The smallest absolute Gasteiger partial charge is 0.274 e. The number of hydrogen-bond donors (Lipinski definition) is 3. The lowest BCUT2D eigenvalue weighted by molar-refractivity contribution is -0.112. The number of carbonyl (C=O) groups is 1. The maximum atomic E-state index is 12.5. The number of amides is 1. The summed E-state index contributed by atoms with van der Waals surface area (Å²) in [5.41, 5.74) is 3.92. The van der Waals surface area contributed by atoms with Crippen molar-refractivity contribution < 1.29 is 15.0 Å². The van der Waals surface area contributed by atoms with Crippen LogP contribution in [-0.4, -0.2) is 72.2 Å². The normalized spacial score (nSPS) is 13.5. The number of fused-ring (bicyclic) bond motifs is 2. The summed E-state index contributed by atoms with van der Waals surface area (Å²) in [5.74, 6) is -0.0120. The summed E-state index contributed by atoms with van der Waals surface area (Å²) in [4.78, 5) is 24.2. The molecule has 1 aliphatic heterocycles. The molecule has 7 nitrogen and oxygen atoms in total. The Hall–Kier alpha value is -3.16. The second-order valence-corrected chi connectivity index (χ2v) is 8.57. The minimum Gasteiger partial charge on any atom is -0.507 e. The second kappa shape index (κ2) is 8.17. The number of aromatic hydroxyl groups is 2. The zero-order chi connectivity index (χ0) is 22.3. The van der Waals surface area contributed by atoms with E-state index in [0.717, 1.165) is 34.3 Å². The van der Waals surface area contributed by atoms with Gasteiger partial charge in [0.05, 0.1) is 16.3 Å². The fourth-order valence-electron chi connectivity index (χ4n) is 4.13. The van der Waals surface area contributed by atoms with Crippen LogP contribution in [0.25, 0.3) is 27.7 Å². The molecule has 0 bridgehead atoms. The first kappa shape index (κ1) is 21.1. The first-order valence-electron chi connectivity index (χ1n) is 10.4. The number of rotatable bonds is 7. The number of hydrogen-bond acceptors (Lipinski definition) is 5. The molecule has 0 fully saturated rings. The van der Waals surface area contributed by atoms with Crippen molar-refractivity contribution in [2.24, 2.45) is 4.99 Å². The molecule has 0 saturated carbocycles. The number of carbonyl (C=O) groups excluding carboxylic acids is 1. The van der Waals surface area contributed by atoms with Gasteiger partial charge in [0.25, 0.3) is 5.91 Å².